The van der Waals surface area contributed by atoms with E-state index in [-0.39, 0.29) is 30.1 Å². The molecule has 1 atom stereocenters. The average molecular weight is 448 g/mol. The van der Waals surface area contributed by atoms with Crippen molar-refractivity contribution in [3.63, 3.8) is 0 Å². The maximum atomic E-state index is 12.9. The molecular formula is C26H33N5O2. The van der Waals surface area contributed by atoms with E-state index in [1.54, 1.807) is 0 Å². The predicted molar refractivity (Wildman–Crippen MR) is 129 cm³/mol. The van der Waals surface area contributed by atoms with Gasteiger partial charge in [0.1, 0.15) is 5.82 Å². The molecule has 0 aliphatic heterocycles. The number of ketones is 1. The maximum absolute atomic E-state index is 12.9. The van der Waals surface area contributed by atoms with Crippen LogP contribution >= 0.6 is 0 Å². The molecule has 1 aromatic carbocycles. The Kier molecular flexibility index (Phi) is 6.04. The van der Waals surface area contributed by atoms with Crippen LogP contribution in [0, 0.1) is 0 Å². The van der Waals surface area contributed by atoms with Crippen molar-refractivity contribution in [2.24, 2.45) is 0 Å². The summed E-state index contributed by atoms with van der Waals surface area (Å²) in [6.45, 7) is 0. The lowest BCUT2D eigenvalue weighted by atomic mass is 9.90. The molecule has 3 aliphatic carbocycles. The molecule has 1 fully saturated rings. The molecule has 1 heterocycles. The van der Waals surface area contributed by atoms with E-state index in [2.05, 4.69) is 15.5 Å². The molecular weight excluding hydrogens is 414 g/mol. The standard InChI is InChI=1S/C26H33N5O2/c1-31(2)24-20-9-5-6-10-22(20)29-26(30-24)28-17-13-11-16(12-14-17)27-25(33)21-15-23(32)19-8-4-3-7-18(19)21/h3-4,7-8,16-17,21H,5-6,9-15H2,1-2H3,(H,27,33)(H,28,29,30)/t16-,17+,21?. The van der Waals surface area contributed by atoms with Crippen LogP contribution in [-0.2, 0) is 17.6 Å². The van der Waals surface area contributed by atoms with E-state index in [4.69, 9.17) is 9.97 Å². The normalized spacial score (nSPS) is 24.1. The zero-order valence-electron chi connectivity index (χ0n) is 19.6. The van der Waals surface area contributed by atoms with E-state index in [0.717, 1.165) is 55.9 Å². The number of rotatable bonds is 5. The van der Waals surface area contributed by atoms with Gasteiger partial charge in [0.25, 0.3) is 0 Å². The summed E-state index contributed by atoms with van der Waals surface area (Å²) < 4.78 is 0. The lowest BCUT2D eigenvalue weighted by Crippen LogP contribution is -2.42. The van der Waals surface area contributed by atoms with Crippen molar-refractivity contribution < 1.29 is 9.59 Å². The van der Waals surface area contributed by atoms with Gasteiger partial charge in [-0.3, -0.25) is 9.59 Å². The monoisotopic (exact) mass is 447 g/mol. The maximum Gasteiger partial charge on any atom is 0.228 e. The fourth-order valence-electron chi connectivity index (χ4n) is 5.57. The number of hydrogen-bond acceptors (Lipinski definition) is 6. The molecule has 1 unspecified atom stereocenters. The van der Waals surface area contributed by atoms with Gasteiger partial charge in [0, 0.05) is 43.7 Å². The third kappa shape index (κ3) is 4.45. The summed E-state index contributed by atoms with van der Waals surface area (Å²) in [5.74, 6) is 1.47. The first-order valence-corrected chi connectivity index (χ1v) is 12.3. The molecule has 0 spiro atoms. The molecule has 0 bridgehead atoms. The topological polar surface area (TPSA) is 87.2 Å². The lowest BCUT2D eigenvalue weighted by Gasteiger charge is -2.31. The second kappa shape index (κ2) is 9.12. The first-order valence-electron chi connectivity index (χ1n) is 12.3. The molecule has 7 heteroatoms. The van der Waals surface area contributed by atoms with E-state index in [9.17, 15) is 9.59 Å². The van der Waals surface area contributed by atoms with Crippen molar-refractivity contribution in [2.45, 2.75) is 75.8 Å². The van der Waals surface area contributed by atoms with Gasteiger partial charge in [0.05, 0.1) is 11.6 Å². The summed E-state index contributed by atoms with van der Waals surface area (Å²) in [5, 5.41) is 6.78. The summed E-state index contributed by atoms with van der Waals surface area (Å²) in [6.07, 6.45) is 8.52. The number of nitrogens with zero attached hydrogens (tertiary/aromatic N) is 3. The van der Waals surface area contributed by atoms with Crippen molar-refractivity contribution in [1.29, 1.82) is 0 Å². The van der Waals surface area contributed by atoms with Gasteiger partial charge in [-0.25, -0.2) is 4.98 Å². The van der Waals surface area contributed by atoms with Crippen LogP contribution in [0.25, 0.3) is 0 Å². The van der Waals surface area contributed by atoms with Gasteiger partial charge >= 0.3 is 0 Å². The molecule has 2 N–H and O–H groups in total. The number of benzene rings is 1. The molecule has 1 amide bonds. The lowest BCUT2D eigenvalue weighted by molar-refractivity contribution is -0.123. The molecule has 7 nitrogen and oxygen atoms in total. The zero-order valence-corrected chi connectivity index (χ0v) is 19.6. The number of anilines is 2. The Morgan fingerprint density at radius 1 is 1.00 bits per heavy atom. The summed E-state index contributed by atoms with van der Waals surface area (Å²) >= 11 is 0. The Hall–Kier alpha value is -2.96. The molecule has 0 radical (unpaired) electrons. The van der Waals surface area contributed by atoms with Crippen LogP contribution in [0.15, 0.2) is 24.3 Å². The number of Topliss-reactive ketones (excluding diaryl/α,β-unsaturated/α-hetero) is 1. The van der Waals surface area contributed by atoms with Crippen LogP contribution in [0.5, 0.6) is 0 Å². The van der Waals surface area contributed by atoms with Crippen molar-refractivity contribution in [3.05, 3.63) is 46.6 Å². The average Bonchev–Trinajstić information content (AvgIpc) is 3.16. The van der Waals surface area contributed by atoms with Crippen LogP contribution in [0.4, 0.5) is 11.8 Å². The van der Waals surface area contributed by atoms with Crippen LogP contribution in [-0.4, -0.2) is 47.8 Å². The SMILES string of the molecule is CN(C)c1nc(N[C@H]2CC[C@@H](NC(=O)C3CC(=O)c4ccccc43)CC2)nc2c1CCCC2. The van der Waals surface area contributed by atoms with E-state index in [1.165, 1.54) is 24.1 Å². The largest absolute Gasteiger partial charge is 0.362 e. The van der Waals surface area contributed by atoms with Crippen LogP contribution in [0.1, 0.15) is 78.0 Å². The molecule has 174 valence electrons. The molecule has 0 saturated heterocycles. The van der Waals surface area contributed by atoms with Gasteiger partial charge in [0.2, 0.25) is 11.9 Å². The van der Waals surface area contributed by atoms with E-state index in [1.807, 2.05) is 38.4 Å². The molecule has 2 aromatic rings. The number of aryl methyl sites for hydroxylation is 1. The first kappa shape index (κ1) is 21.9. The Balaban J connectivity index is 1.18. The second-order valence-corrected chi connectivity index (χ2v) is 9.87. The van der Waals surface area contributed by atoms with Gasteiger partial charge in [-0.1, -0.05) is 24.3 Å². The van der Waals surface area contributed by atoms with Gasteiger partial charge in [-0.05, 0) is 56.9 Å². The van der Waals surface area contributed by atoms with Crippen molar-refractivity contribution >= 4 is 23.5 Å². The summed E-state index contributed by atoms with van der Waals surface area (Å²) in [6, 6.07) is 7.96. The van der Waals surface area contributed by atoms with Crippen LogP contribution in [0.2, 0.25) is 0 Å². The summed E-state index contributed by atoms with van der Waals surface area (Å²) in [5.41, 5.74) is 4.06. The summed E-state index contributed by atoms with van der Waals surface area (Å²) in [4.78, 5) is 36.9. The minimum Gasteiger partial charge on any atom is -0.362 e. The number of aromatic nitrogens is 2. The molecule has 1 aromatic heterocycles. The fraction of sp³-hybridized carbons (Fsp3) is 0.538. The van der Waals surface area contributed by atoms with Gasteiger partial charge in [-0.2, -0.15) is 4.98 Å². The van der Waals surface area contributed by atoms with Crippen molar-refractivity contribution in [3.8, 4) is 0 Å². The van der Waals surface area contributed by atoms with Gasteiger partial charge < -0.3 is 15.5 Å². The van der Waals surface area contributed by atoms with Crippen molar-refractivity contribution in [1.82, 2.24) is 15.3 Å². The highest BCUT2D eigenvalue weighted by Gasteiger charge is 2.35. The van der Waals surface area contributed by atoms with E-state index < -0.39 is 0 Å². The Labute approximate surface area is 195 Å². The highest BCUT2D eigenvalue weighted by atomic mass is 16.2. The number of hydrogen-bond donors (Lipinski definition) is 2. The second-order valence-electron chi connectivity index (χ2n) is 9.87. The Morgan fingerprint density at radius 2 is 1.73 bits per heavy atom. The van der Waals surface area contributed by atoms with Gasteiger partial charge in [-0.15, -0.1) is 0 Å². The molecule has 33 heavy (non-hydrogen) atoms. The molecule has 1 saturated carbocycles. The predicted octanol–water partition coefficient (Wildman–Crippen LogP) is 3.63. The van der Waals surface area contributed by atoms with Crippen LogP contribution in [0.3, 0.4) is 0 Å². The fourth-order valence-corrected chi connectivity index (χ4v) is 5.57. The van der Waals surface area contributed by atoms with E-state index in [0.29, 0.717) is 11.6 Å². The Morgan fingerprint density at radius 3 is 2.52 bits per heavy atom. The minimum atomic E-state index is -0.349. The van der Waals surface area contributed by atoms with Gasteiger partial charge in [0.15, 0.2) is 5.78 Å². The first-order chi connectivity index (χ1) is 16.0. The van der Waals surface area contributed by atoms with Crippen LogP contribution < -0.4 is 15.5 Å². The minimum absolute atomic E-state index is 0.0154. The third-order valence-electron chi connectivity index (χ3n) is 7.33. The smallest absolute Gasteiger partial charge is 0.228 e. The molecule has 5 rings (SSSR count). The van der Waals surface area contributed by atoms with Crippen molar-refractivity contribution in [2.75, 3.05) is 24.3 Å². The number of nitrogens with one attached hydrogen (secondary N) is 2. The summed E-state index contributed by atoms with van der Waals surface area (Å²) in [7, 11) is 4.09. The van der Waals surface area contributed by atoms with E-state index >= 15 is 0 Å². The number of fused-ring (bicyclic) bond motifs is 2. The number of carbonyl (C=O) groups is 2. The highest BCUT2D eigenvalue weighted by Crippen LogP contribution is 2.34. The third-order valence-corrected chi connectivity index (χ3v) is 7.33. The number of carbonyl (C=O) groups excluding carboxylic acids is 2. The quantitative estimate of drug-likeness (QED) is 0.728. The Bertz CT molecular complexity index is 1060. The zero-order chi connectivity index (χ0) is 22.9. The highest BCUT2D eigenvalue weighted by molar-refractivity contribution is 6.06. The molecule has 3 aliphatic rings. The number of amides is 1.